The number of halogens is 3. The van der Waals surface area contributed by atoms with E-state index in [1.165, 1.54) is 0 Å². The number of thiophene rings is 1. The van der Waals surface area contributed by atoms with Gasteiger partial charge in [0.2, 0.25) is 0 Å². The number of thioether (sulfide) groups is 1. The molecule has 1 aromatic heterocycles. The number of fused-ring (bicyclic) bond motifs is 1. The van der Waals surface area contributed by atoms with Crippen LogP contribution in [-0.2, 0) is 11.3 Å². The normalized spacial score (nSPS) is 16.5. The molecule has 0 N–H and O–H groups in total. The third-order valence-electron chi connectivity index (χ3n) is 8.75. The maximum atomic E-state index is 14.8. The molecule has 1 fully saturated rings. The van der Waals surface area contributed by atoms with Gasteiger partial charge in [-0.1, -0.05) is 35.9 Å². The summed E-state index contributed by atoms with van der Waals surface area (Å²) in [5.41, 5.74) is 2.27. The number of rotatable bonds is 9. The lowest BCUT2D eigenvalue weighted by molar-refractivity contribution is 0.0165. The Morgan fingerprint density at radius 3 is 2.35 bits per heavy atom. The number of hydrogen-bond acceptors (Lipinski definition) is 6. The molecule has 0 bridgehead atoms. The summed E-state index contributed by atoms with van der Waals surface area (Å²) in [4.78, 5) is 31.7. The summed E-state index contributed by atoms with van der Waals surface area (Å²) in [6, 6.07) is 16.2. The molecule has 0 spiro atoms. The van der Waals surface area contributed by atoms with E-state index in [9.17, 15) is 18.4 Å². The van der Waals surface area contributed by atoms with Crippen LogP contribution in [0.25, 0.3) is 21.2 Å². The fraction of sp³-hybridized carbons (Fsp3) is 0.405. The van der Waals surface area contributed by atoms with Gasteiger partial charge in [-0.05, 0) is 100 Å². The lowest BCUT2D eigenvalue weighted by Crippen LogP contribution is -2.43. The molecule has 0 radical (unpaired) electrons. The molecule has 3 aromatic carbocycles. The molecule has 6 nitrogen and oxygen atoms in total. The van der Waals surface area contributed by atoms with E-state index >= 15 is 0 Å². The number of benzene rings is 3. The SMILES string of the molecule is COc1ccc(-c2ccccc2SC)cc1CN(CC1CCC(N(C)C(=O)OC(C)(C)C)CC1)C(=O)c1sc2c(F)ccc(F)c2c1Cl. The maximum Gasteiger partial charge on any atom is 0.410 e. The Morgan fingerprint density at radius 2 is 1.71 bits per heavy atom. The predicted molar refractivity (Wildman–Crippen MR) is 191 cm³/mol. The van der Waals surface area contributed by atoms with Crippen molar-refractivity contribution in [2.45, 2.75) is 69.5 Å². The molecule has 5 rings (SSSR count). The summed E-state index contributed by atoms with van der Waals surface area (Å²) in [7, 11) is 3.36. The molecular weight excluding hydrogens is 674 g/mol. The number of methoxy groups -OCH3 is 1. The lowest BCUT2D eigenvalue weighted by atomic mass is 9.85. The first-order chi connectivity index (χ1) is 22.8. The van der Waals surface area contributed by atoms with Crippen molar-refractivity contribution in [2.75, 3.05) is 27.0 Å². The number of amides is 2. The second-order valence-corrected chi connectivity index (χ2v) is 15.4. The number of carbonyl (C=O) groups is 2. The summed E-state index contributed by atoms with van der Waals surface area (Å²) < 4.78 is 40.9. The van der Waals surface area contributed by atoms with Crippen LogP contribution in [0, 0.1) is 17.6 Å². The van der Waals surface area contributed by atoms with Gasteiger partial charge in [-0.25, -0.2) is 13.6 Å². The van der Waals surface area contributed by atoms with Crippen molar-refractivity contribution in [1.29, 1.82) is 0 Å². The Balaban J connectivity index is 1.46. The van der Waals surface area contributed by atoms with Crippen molar-refractivity contribution in [3.63, 3.8) is 0 Å². The standard InChI is InChI=1S/C37H41ClF2N2O4S2/c1-37(2,3)46-36(44)41(4)25-14-11-22(12-15-25)20-42(35(43)34-32(38)31-27(39)16-17-28(40)33(31)48-34)21-24-19-23(13-18-29(24)45-5)26-9-7-8-10-30(26)47-6/h7-10,13,16-19,22,25H,11-12,14-15,20-21H2,1-6H3. The minimum absolute atomic E-state index is 0.0160. The summed E-state index contributed by atoms with van der Waals surface area (Å²) in [6.07, 6.45) is 4.76. The van der Waals surface area contributed by atoms with Crippen molar-refractivity contribution >= 4 is 56.8 Å². The van der Waals surface area contributed by atoms with E-state index in [4.69, 9.17) is 21.1 Å². The summed E-state index contributed by atoms with van der Waals surface area (Å²) in [5, 5.41) is -0.164. The van der Waals surface area contributed by atoms with Gasteiger partial charge in [0.05, 0.1) is 22.2 Å². The average molecular weight is 715 g/mol. The van der Waals surface area contributed by atoms with Gasteiger partial charge in [-0.15, -0.1) is 23.1 Å². The van der Waals surface area contributed by atoms with Crippen LogP contribution in [0.4, 0.5) is 13.6 Å². The number of nitrogens with zero attached hydrogens (tertiary/aromatic N) is 2. The molecule has 4 aromatic rings. The summed E-state index contributed by atoms with van der Waals surface area (Å²) >= 11 is 9.15. The number of carbonyl (C=O) groups excluding carboxylic acids is 2. The molecule has 2 amide bonds. The average Bonchev–Trinajstić information content (AvgIpc) is 3.43. The van der Waals surface area contributed by atoms with Gasteiger partial charge in [0.1, 0.15) is 27.9 Å². The van der Waals surface area contributed by atoms with Gasteiger partial charge in [0.15, 0.2) is 0 Å². The quantitative estimate of drug-likeness (QED) is 0.162. The zero-order valence-electron chi connectivity index (χ0n) is 28.1. The Morgan fingerprint density at radius 1 is 1.02 bits per heavy atom. The van der Waals surface area contributed by atoms with E-state index in [0.717, 1.165) is 70.7 Å². The van der Waals surface area contributed by atoms with Crippen molar-refractivity contribution in [3.05, 3.63) is 81.7 Å². The van der Waals surface area contributed by atoms with Gasteiger partial charge < -0.3 is 19.3 Å². The molecular formula is C37H41ClF2N2O4S2. The second kappa shape index (κ2) is 15.0. The van der Waals surface area contributed by atoms with Crippen LogP contribution in [0.15, 0.2) is 59.5 Å². The number of ether oxygens (including phenoxy) is 2. The first-order valence-electron chi connectivity index (χ1n) is 15.9. The highest BCUT2D eigenvalue weighted by atomic mass is 35.5. The molecule has 0 saturated heterocycles. The third kappa shape index (κ3) is 7.92. The molecule has 11 heteroatoms. The summed E-state index contributed by atoms with van der Waals surface area (Å²) in [5.74, 6) is -0.943. The molecule has 1 heterocycles. The van der Waals surface area contributed by atoms with Crippen molar-refractivity contribution in [1.82, 2.24) is 9.80 Å². The largest absolute Gasteiger partial charge is 0.496 e. The van der Waals surface area contributed by atoms with Crippen molar-refractivity contribution in [3.8, 4) is 16.9 Å². The Labute approximate surface area is 294 Å². The monoisotopic (exact) mass is 714 g/mol. The Kier molecular flexibility index (Phi) is 11.3. The van der Waals surface area contributed by atoms with Gasteiger partial charge in [0, 0.05) is 36.6 Å². The smallest absolute Gasteiger partial charge is 0.410 e. The van der Waals surface area contributed by atoms with Gasteiger partial charge in [-0.3, -0.25) is 4.79 Å². The fourth-order valence-corrected chi connectivity index (χ4v) is 8.40. The maximum absolute atomic E-state index is 14.8. The highest BCUT2D eigenvalue weighted by Gasteiger charge is 2.33. The third-order valence-corrected chi connectivity index (χ3v) is 11.2. The van der Waals surface area contributed by atoms with Crippen LogP contribution in [0.2, 0.25) is 5.02 Å². The molecule has 256 valence electrons. The first kappa shape index (κ1) is 36.0. The van der Waals surface area contributed by atoms with Crippen LogP contribution >= 0.6 is 34.7 Å². The lowest BCUT2D eigenvalue weighted by Gasteiger charge is -2.37. The predicted octanol–water partition coefficient (Wildman–Crippen LogP) is 10.3. The summed E-state index contributed by atoms with van der Waals surface area (Å²) in [6.45, 7) is 6.13. The van der Waals surface area contributed by atoms with E-state index in [0.29, 0.717) is 12.3 Å². The topological polar surface area (TPSA) is 59.1 Å². The molecule has 1 aliphatic rings. The van der Waals surface area contributed by atoms with Crippen LogP contribution in [0.1, 0.15) is 61.7 Å². The van der Waals surface area contributed by atoms with E-state index in [1.54, 1.807) is 35.7 Å². The van der Waals surface area contributed by atoms with Crippen LogP contribution in [0.5, 0.6) is 5.75 Å². The van der Waals surface area contributed by atoms with E-state index in [-0.39, 0.29) is 44.6 Å². The van der Waals surface area contributed by atoms with Gasteiger partial charge in [0.25, 0.3) is 5.91 Å². The highest BCUT2D eigenvalue weighted by molar-refractivity contribution is 7.98. The highest BCUT2D eigenvalue weighted by Crippen LogP contribution is 2.40. The molecule has 0 atom stereocenters. The van der Waals surface area contributed by atoms with Crippen molar-refractivity contribution < 1.29 is 27.8 Å². The number of hydrogen-bond donors (Lipinski definition) is 0. The molecule has 1 saturated carbocycles. The van der Waals surface area contributed by atoms with Crippen LogP contribution < -0.4 is 4.74 Å². The Hall–Kier alpha value is -3.34. The molecule has 0 unspecified atom stereocenters. The second-order valence-electron chi connectivity index (χ2n) is 13.2. The minimum atomic E-state index is -0.674. The van der Waals surface area contributed by atoms with E-state index < -0.39 is 23.1 Å². The first-order valence-corrected chi connectivity index (χ1v) is 18.3. The van der Waals surface area contributed by atoms with E-state index in [1.807, 2.05) is 57.4 Å². The molecule has 48 heavy (non-hydrogen) atoms. The van der Waals surface area contributed by atoms with Gasteiger partial charge in [-0.2, -0.15) is 0 Å². The fourth-order valence-electron chi connectivity index (χ4n) is 6.27. The zero-order valence-corrected chi connectivity index (χ0v) is 30.5. The Bertz CT molecular complexity index is 1800. The van der Waals surface area contributed by atoms with Crippen LogP contribution in [0.3, 0.4) is 0 Å². The van der Waals surface area contributed by atoms with Crippen LogP contribution in [-0.4, -0.2) is 60.4 Å². The molecule has 1 aliphatic carbocycles. The van der Waals surface area contributed by atoms with Gasteiger partial charge >= 0.3 is 6.09 Å². The zero-order chi connectivity index (χ0) is 34.7. The van der Waals surface area contributed by atoms with Crippen molar-refractivity contribution in [2.24, 2.45) is 5.92 Å². The molecule has 0 aliphatic heterocycles. The minimum Gasteiger partial charge on any atom is -0.496 e. The van der Waals surface area contributed by atoms with E-state index in [2.05, 4.69) is 12.1 Å².